The third-order valence-corrected chi connectivity index (χ3v) is 4.29. The Bertz CT molecular complexity index is 952. The van der Waals surface area contributed by atoms with Gasteiger partial charge in [-0.2, -0.15) is 0 Å². The maximum atomic E-state index is 12.9. The molecule has 0 aromatic heterocycles. The molecule has 4 heteroatoms. The van der Waals surface area contributed by atoms with Crippen molar-refractivity contribution in [2.75, 3.05) is 0 Å². The Morgan fingerprint density at radius 3 is 1.93 bits per heavy atom. The zero-order valence-electron chi connectivity index (χ0n) is 15.6. The van der Waals surface area contributed by atoms with Gasteiger partial charge in [-0.25, -0.2) is 0 Å². The highest BCUT2D eigenvalue weighted by Crippen LogP contribution is 2.13. The maximum absolute atomic E-state index is 12.9. The molecule has 4 nitrogen and oxygen atoms in total. The minimum absolute atomic E-state index is 0.193. The average Bonchev–Trinajstić information content (AvgIpc) is 2.75. The van der Waals surface area contributed by atoms with Crippen LogP contribution in [0.15, 0.2) is 96.7 Å². The predicted molar refractivity (Wildman–Crippen MR) is 111 cm³/mol. The predicted octanol–water partition coefficient (Wildman–Crippen LogP) is 4.33. The van der Waals surface area contributed by atoms with Gasteiger partial charge in [-0.3, -0.25) is 9.59 Å². The van der Waals surface area contributed by atoms with Crippen LogP contribution in [0.3, 0.4) is 0 Å². The molecule has 3 aromatic rings. The first-order valence-electron chi connectivity index (χ1n) is 9.12. The van der Waals surface area contributed by atoms with Gasteiger partial charge in [-0.15, -0.1) is 0 Å². The Morgan fingerprint density at radius 2 is 1.32 bits per heavy atom. The first-order chi connectivity index (χ1) is 13.6. The van der Waals surface area contributed by atoms with E-state index in [0.717, 1.165) is 11.1 Å². The summed E-state index contributed by atoms with van der Waals surface area (Å²) in [7, 11) is 0. The van der Waals surface area contributed by atoms with Crippen LogP contribution in [0.4, 0.5) is 0 Å². The molecule has 1 atom stereocenters. The summed E-state index contributed by atoms with van der Waals surface area (Å²) in [5.41, 5.74) is 2.51. The van der Waals surface area contributed by atoms with Crippen molar-refractivity contribution in [1.82, 2.24) is 10.6 Å². The van der Waals surface area contributed by atoms with E-state index in [2.05, 4.69) is 10.6 Å². The summed E-state index contributed by atoms with van der Waals surface area (Å²) in [6.45, 7) is 1.91. The molecule has 0 aliphatic heterocycles. The molecule has 0 radical (unpaired) electrons. The van der Waals surface area contributed by atoms with Crippen molar-refractivity contribution < 1.29 is 9.59 Å². The molecule has 0 fully saturated rings. The third-order valence-electron chi connectivity index (χ3n) is 4.29. The Labute approximate surface area is 164 Å². The standard InChI is InChI=1S/C24H22N2O2/c1-18(20-13-7-3-8-14-20)25-24(28)22(17-19-11-5-2-6-12-19)26-23(27)21-15-9-4-10-16-21/h2-18H,1H3,(H,25,28)(H,26,27). The normalized spacial score (nSPS) is 12.1. The minimum Gasteiger partial charge on any atom is -0.344 e. The van der Waals surface area contributed by atoms with E-state index >= 15 is 0 Å². The monoisotopic (exact) mass is 370 g/mol. The van der Waals surface area contributed by atoms with Crippen LogP contribution in [0.2, 0.25) is 0 Å². The van der Waals surface area contributed by atoms with E-state index in [9.17, 15) is 9.59 Å². The molecule has 140 valence electrons. The van der Waals surface area contributed by atoms with Gasteiger partial charge in [0.2, 0.25) is 0 Å². The largest absolute Gasteiger partial charge is 0.344 e. The Balaban J connectivity index is 1.82. The van der Waals surface area contributed by atoms with Crippen molar-refractivity contribution in [1.29, 1.82) is 0 Å². The Morgan fingerprint density at radius 1 is 0.786 bits per heavy atom. The fourth-order valence-corrected chi connectivity index (χ4v) is 2.76. The molecule has 1 unspecified atom stereocenters. The summed E-state index contributed by atoms with van der Waals surface area (Å²) in [4.78, 5) is 25.5. The number of benzene rings is 3. The van der Waals surface area contributed by atoms with E-state index < -0.39 is 0 Å². The lowest BCUT2D eigenvalue weighted by atomic mass is 10.1. The second-order valence-electron chi connectivity index (χ2n) is 6.39. The lowest BCUT2D eigenvalue weighted by Gasteiger charge is -2.16. The number of nitrogens with one attached hydrogen (secondary N) is 2. The molecular weight excluding hydrogens is 348 g/mol. The lowest BCUT2D eigenvalue weighted by Crippen LogP contribution is -2.36. The first kappa shape index (κ1) is 19.1. The molecule has 2 amide bonds. The lowest BCUT2D eigenvalue weighted by molar-refractivity contribution is -0.118. The van der Waals surface area contributed by atoms with Crippen LogP contribution in [0.5, 0.6) is 0 Å². The van der Waals surface area contributed by atoms with Crippen LogP contribution in [-0.4, -0.2) is 11.8 Å². The van der Waals surface area contributed by atoms with E-state index in [1.807, 2.05) is 73.7 Å². The van der Waals surface area contributed by atoms with Gasteiger partial charge >= 0.3 is 0 Å². The second kappa shape index (κ2) is 9.33. The van der Waals surface area contributed by atoms with Gasteiger partial charge in [0.15, 0.2) is 0 Å². The van der Waals surface area contributed by atoms with Crippen LogP contribution in [0, 0.1) is 0 Å². The van der Waals surface area contributed by atoms with Crippen molar-refractivity contribution in [3.63, 3.8) is 0 Å². The van der Waals surface area contributed by atoms with Crippen molar-refractivity contribution in [2.24, 2.45) is 0 Å². The van der Waals surface area contributed by atoms with Gasteiger partial charge in [0, 0.05) is 5.56 Å². The SMILES string of the molecule is CC(NC(=O)C(=Cc1ccccc1)NC(=O)c1ccccc1)c1ccccc1. The minimum atomic E-state index is -0.343. The summed E-state index contributed by atoms with van der Waals surface area (Å²) in [6, 6.07) is 27.7. The molecule has 0 aliphatic rings. The number of rotatable bonds is 6. The molecular formula is C24H22N2O2. The third kappa shape index (κ3) is 5.17. The molecule has 2 N–H and O–H groups in total. The molecule has 28 heavy (non-hydrogen) atoms. The van der Waals surface area contributed by atoms with E-state index in [4.69, 9.17) is 0 Å². The molecule has 0 bridgehead atoms. The van der Waals surface area contributed by atoms with Gasteiger partial charge < -0.3 is 10.6 Å². The fourth-order valence-electron chi connectivity index (χ4n) is 2.76. The Hall–Kier alpha value is -3.66. The molecule has 3 rings (SSSR count). The highest BCUT2D eigenvalue weighted by Gasteiger charge is 2.17. The highest BCUT2D eigenvalue weighted by atomic mass is 16.2. The summed E-state index contributed by atoms with van der Waals surface area (Å²) in [5, 5.41) is 5.70. The van der Waals surface area contributed by atoms with E-state index in [0.29, 0.717) is 5.56 Å². The van der Waals surface area contributed by atoms with Crippen LogP contribution < -0.4 is 10.6 Å². The molecule has 0 aliphatic carbocycles. The average molecular weight is 370 g/mol. The van der Waals surface area contributed by atoms with Crippen LogP contribution in [0.25, 0.3) is 6.08 Å². The molecule has 0 saturated heterocycles. The number of hydrogen-bond acceptors (Lipinski definition) is 2. The summed E-state index contributed by atoms with van der Waals surface area (Å²) in [5.74, 6) is -0.671. The summed E-state index contributed by atoms with van der Waals surface area (Å²) >= 11 is 0. The van der Waals surface area contributed by atoms with Crippen LogP contribution in [-0.2, 0) is 4.79 Å². The number of carbonyl (C=O) groups is 2. The van der Waals surface area contributed by atoms with Gasteiger partial charge in [0.1, 0.15) is 5.70 Å². The zero-order chi connectivity index (χ0) is 19.8. The van der Waals surface area contributed by atoms with Gasteiger partial charge in [-0.1, -0.05) is 78.9 Å². The van der Waals surface area contributed by atoms with E-state index in [-0.39, 0.29) is 23.6 Å². The summed E-state index contributed by atoms with van der Waals surface area (Å²) in [6.07, 6.45) is 1.67. The molecule has 0 saturated carbocycles. The quantitative estimate of drug-likeness (QED) is 0.634. The topological polar surface area (TPSA) is 58.2 Å². The Kier molecular flexibility index (Phi) is 6.37. The van der Waals surface area contributed by atoms with Gasteiger partial charge in [0.25, 0.3) is 11.8 Å². The van der Waals surface area contributed by atoms with Crippen molar-refractivity contribution in [2.45, 2.75) is 13.0 Å². The maximum Gasteiger partial charge on any atom is 0.268 e. The number of hydrogen-bond donors (Lipinski definition) is 2. The number of carbonyl (C=O) groups excluding carboxylic acids is 2. The van der Waals surface area contributed by atoms with Crippen molar-refractivity contribution in [3.8, 4) is 0 Å². The zero-order valence-corrected chi connectivity index (χ0v) is 15.6. The fraction of sp³-hybridized carbons (Fsp3) is 0.0833. The van der Waals surface area contributed by atoms with Crippen LogP contribution >= 0.6 is 0 Å². The smallest absolute Gasteiger partial charge is 0.268 e. The van der Waals surface area contributed by atoms with E-state index in [1.165, 1.54) is 0 Å². The first-order valence-corrected chi connectivity index (χ1v) is 9.12. The van der Waals surface area contributed by atoms with Crippen molar-refractivity contribution in [3.05, 3.63) is 113 Å². The van der Waals surface area contributed by atoms with Gasteiger partial charge in [0.05, 0.1) is 6.04 Å². The highest BCUT2D eigenvalue weighted by molar-refractivity contribution is 6.05. The van der Waals surface area contributed by atoms with Crippen LogP contribution in [0.1, 0.15) is 34.5 Å². The van der Waals surface area contributed by atoms with E-state index in [1.54, 1.807) is 30.3 Å². The molecule has 0 spiro atoms. The van der Waals surface area contributed by atoms with Gasteiger partial charge in [-0.05, 0) is 36.3 Å². The molecule has 3 aromatic carbocycles. The number of amides is 2. The summed E-state index contributed by atoms with van der Waals surface area (Å²) < 4.78 is 0. The molecule has 0 heterocycles. The second-order valence-corrected chi connectivity index (χ2v) is 6.39. The van der Waals surface area contributed by atoms with Crippen molar-refractivity contribution >= 4 is 17.9 Å².